The van der Waals surface area contributed by atoms with Crippen molar-refractivity contribution in [3.05, 3.63) is 0 Å². The molecule has 0 fully saturated rings. The average Bonchev–Trinajstić information content (AvgIpc) is 2.05. The van der Waals surface area contributed by atoms with Crippen molar-refractivity contribution in [3.8, 4) is 0 Å². The van der Waals surface area contributed by atoms with E-state index in [2.05, 4.69) is 31.9 Å². The summed E-state index contributed by atoms with van der Waals surface area (Å²) in [6.45, 7) is 2.27. The predicted molar refractivity (Wildman–Crippen MR) is 57.0 cm³/mol. The molecule has 0 aromatic carbocycles. The second-order valence-electron chi connectivity index (χ2n) is 2.40. The van der Waals surface area contributed by atoms with E-state index in [-0.39, 0.29) is 10.8 Å². The number of rotatable bonds is 6. The number of carbonyl (C=O) groups excluding carboxylic acids is 1. The lowest BCUT2D eigenvalue weighted by Gasteiger charge is -2.07. The molecule has 0 aliphatic carbocycles. The minimum atomic E-state index is -0.146. The van der Waals surface area contributed by atoms with Crippen LogP contribution in [0.3, 0.4) is 0 Å². The Morgan fingerprint density at radius 2 is 2.17 bits per heavy atom. The molecule has 12 heavy (non-hydrogen) atoms. The van der Waals surface area contributed by atoms with Crippen molar-refractivity contribution < 1.29 is 9.53 Å². The molecule has 0 aliphatic heterocycles. The molecule has 0 saturated heterocycles. The maximum atomic E-state index is 11.1. The fourth-order valence-electron chi connectivity index (χ4n) is 0.769. The van der Waals surface area contributed by atoms with E-state index in [1.807, 2.05) is 6.92 Å². The zero-order chi connectivity index (χ0) is 9.40. The Bertz CT molecular complexity index is 128. The normalized spacial score (nSPS) is 12.6. The van der Waals surface area contributed by atoms with Crippen LogP contribution in [0, 0.1) is 0 Å². The first-order valence-corrected chi connectivity index (χ1v) is 6.12. The summed E-state index contributed by atoms with van der Waals surface area (Å²) in [6.07, 6.45) is 2.99. The van der Waals surface area contributed by atoms with Crippen molar-refractivity contribution in [2.75, 3.05) is 11.9 Å². The first-order valence-electron chi connectivity index (χ1n) is 4.09. The summed E-state index contributed by atoms with van der Waals surface area (Å²) in [4.78, 5) is 10.9. The smallest absolute Gasteiger partial charge is 0.319 e. The van der Waals surface area contributed by atoms with Crippen LogP contribution in [0.25, 0.3) is 0 Å². The van der Waals surface area contributed by atoms with Gasteiger partial charge in [-0.1, -0.05) is 38.3 Å². The lowest BCUT2D eigenvalue weighted by atomic mass is 10.2. The predicted octanol–water partition coefficient (Wildman–Crippen LogP) is 2.88. The number of ether oxygens (including phenoxy) is 1. The maximum Gasteiger partial charge on any atom is 0.319 e. The van der Waals surface area contributed by atoms with Crippen LogP contribution in [-0.2, 0) is 9.53 Å². The Morgan fingerprint density at radius 1 is 1.50 bits per heavy atom. The van der Waals surface area contributed by atoms with Gasteiger partial charge in [0.05, 0.1) is 6.61 Å². The maximum absolute atomic E-state index is 11.1. The molecule has 0 aromatic rings. The van der Waals surface area contributed by atoms with Gasteiger partial charge in [-0.3, -0.25) is 4.79 Å². The van der Waals surface area contributed by atoms with Crippen LogP contribution in [0.1, 0.15) is 26.2 Å². The molecule has 0 heterocycles. The third kappa shape index (κ3) is 6.00. The lowest BCUT2D eigenvalue weighted by molar-refractivity contribution is -0.142. The highest BCUT2D eigenvalue weighted by molar-refractivity contribution is 9.10. The van der Waals surface area contributed by atoms with Gasteiger partial charge >= 0.3 is 5.97 Å². The van der Waals surface area contributed by atoms with Crippen molar-refractivity contribution in [2.24, 2.45) is 0 Å². The van der Waals surface area contributed by atoms with Gasteiger partial charge in [0.2, 0.25) is 0 Å². The van der Waals surface area contributed by atoms with E-state index in [4.69, 9.17) is 4.74 Å². The number of halogens is 2. The Kier molecular flexibility index (Phi) is 8.34. The molecule has 4 heteroatoms. The number of carbonyl (C=O) groups is 1. The van der Waals surface area contributed by atoms with E-state index in [0.29, 0.717) is 6.61 Å². The fraction of sp³-hybridized carbons (Fsp3) is 0.875. The van der Waals surface area contributed by atoms with Crippen LogP contribution in [0.2, 0.25) is 0 Å². The van der Waals surface area contributed by atoms with Crippen LogP contribution in [0.15, 0.2) is 0 Å². The van der Waals surface area contributed by atoms with Gasteiger partial charge in [-0.2, -0.15) is 0 Å². The monoisotopic (exact) mass is 300 g/mol. The van der Waals surface area contributed by atoms with Gasteiger partial charge in [0.15, 0.2) is 0 Å². The van der Waals surface area contributed by atoms with Crippen LogP contribution in [-0.4, -0.2) is 22.7 Å². The van der Waals surface area contributed by atoms with Crippen LogP contribution >= 0.6 is 31.9 Å². The lowest BCUT2D eigenvalue weighted by Crippen LogP contribution is -2.17. The van der Waals surface area contributed by atoms with Crippen molar-refractivity contribution in [2.45, 2.75) is 31.0 Å². The largest absolute Gasteiger partial charge is 0.465 e. The summed E-state index contributed by atoms with van der Waals surface area (Å²) in [5, 5.41) is 0.996. The van der Waals surface area contributed by atoms with Crippen molar-refractivity contribution in [1.82, 2.24) is 0 Å². The summed E-state index contributed by atoms with van der Waals surface area (Å²) < 4.78 is 4.84. The first-order chi connectivity index (χ1) is 5.72. The molecular weight excluding hydrogens is 288 g/mol. The molecule has 0 bridgehead atoms. The van der Waals surface area contributed by atoms with Gasteiger partial charge in [-0.15, -0.1) is 0 Å². The summed E-state index contributed by atoms with van der Waals surface area (Å²) in [5.74, 6) is -0.146. The molecule has 0 aliphatic rings. The van der Waals surface area contributed by atoms with Gasteiger partial charge in [0.25, 0.3) is 0 Å². The van der Waals surface area contributed by atoms with Gasteiger partial charge < -0.3 is 4.74 Å². The third-order valence-corrected chi connectivity index (χ3v) is 2.78. The van der Waals surface area contributed by atoms with Crippen LogP contribution < -0.4 is 0 Å². The van der Waals surface area contributed by atoms with E-state index in [0.717, 1.165) is 24.6 Å². The highest BCUT2D eigenvalue weighted by atomic mass is 79.9. The molecule has 2 nitrogen and oxygen atoms in total. The standard InChI is InChI=1S/C8H14Br2O2/c1-2-12-8(11)7(10)5-3-4-6-9/h7H,2-6H2,1H3. The van der Waals surface area contributed by atoms with E-state index < -0.39 is 0 Å². The Labute approximate surface area is 90.3 Å². The van der Waals surface area contributed by atoms with E-state index >= 15 is 0 Å². The number of alkyl halides is 2. The average molecular weight is 302 g/mol. The highest BCUT2D eigenvalue weighted by Gasteiger charge is 2.14. The molecule has 0 amide bonds. The fourth-order valence-corrected chi connectivity index (χ4v) is 1.62. The molecule has 0 saturated carbocycles. The zero-order valence-corrected chi connectivity index (χ0v) is 10.4. The molecule has 72 valence electrons. The molecule has 0 radical (unpaired) electrons. The zero-order valence-electron chi connectivity index (χ0n) is 7.19. The number of hydrogen-bond acceptors (Lipinski definition) is 2. The van der Waals surface area contributed by atoms with Gasteiger partial charge in [-0.05, 0) is 19.8 Å². The highest BCUT2D eigenvalue weighted by Crippen LogP contribution is 2.12. The molecule has 0 spiro atoms. The van der Waals surface area contributed by atoms with Crippen LogP contribution in [0.4, 0.5) is 0 Å². The van der Waals surface area contributed by atoms with Gasteiger partial charge in [-0.25, -0.2) is 0 Å². The summed E-state index contributed by atoms with van der Waals surface area (Å²) in [6, 6.07) is 0. The van der Waals surface area contributed by atoms with Crippen LogP contribution in [0.5, 0.6) is 0 Å². The topological polar surface area (TPSA) is 26.3 Å². The number of unbranched alkanes of at least 4 members (excludes halogenated alkanes) is 1. The Hall–Kier alpha value is 0.430. The molecule has 0 rings (SSSR count). The third-order valence-electron chi connectivity index (χ3n) is 1.38. The van der Waals surface area contributed by atoms with Gasteiger partial charge in [0, 0.05) is 5.33 Å². The van der Waals surface area contributed by atoms with E-state index in [9.17, 15) is 4.79 Å². The van der Waals surface area contributed by atoms with Gasteiger partial charge in [0.1, 0.15) is 4.83 Å². The molecule has 0 aromatic heterocycles. The quantitative estimate of drug-likeness (QED) is 0.428. The molecular formula is C8H14Br2O2. The molecule has 0 N–H and O–H groups in total. The SMILES string of the molecule is CCOC(=O)C(Br)CCCCBr. The Balaban J connectivity index is 3.42. The minimum Gasteiger partial charge on any atom is -0.465 e. The Morgan fingerprint density at radius 3 is 2.67 bits per heavy atom. The minimum absolute atomic E-state index is 0.128. The van der Waals surface area contributed by atoms with E-state index in [1.165, 1.54) is 0 Å². The van der Waals surface area contributed by atoms with Crippen molar-refractivity contribution in [1.29, 1.82) is 0 Å². The number of hydrogen-bond donors (Lipinski definition) is 0. The molecule has 1 atom stereocenters. The summed E-state index contributed by atoms with van der Waals surface area (Å²) in [5.41, 5.74) is 0. The summed E-state index contributed by atoms with van der Waals surface area (Å²) in [7, 11) is 0. The second-order valence-corrected chi connectivity index (χ2v) is 4.30. The first kappa shape index (κ1) is 12.4. The second kappa shape index (κ2) is 8.05. The van der Waals surface area contributed by atoms with E-state index in [1.54, 1.807) is 0 Å². The molecule has 1 unspecified atom stereocenters. The van der Waals surface area contributed by atoms with Crippen molar-refractivity contribution >= 4 is 37.8 Å². The summed E-state index contributed by atoms with van der Waals surface area (Å²) >= 11 is 6.62. The van der Waals surface area contributed by atoms with Crippen molar-refractivity contribution in [3.63, 3.8) is 0 Å². The number of esters is 1.